The quantitative estimate of drug-likeness (QED) is 0.874. The standard InChI is InChI=1S/C12H9F3N2O2/c13-12(14,15)6-16-11(19)9-5-7-3-1-2-4-8(7)10(18)17-9/h1-5H,6H2,(H,16,19)(H,17,18). The van der Waals surface area contributed by atoms with Crippen molar-refractivity contribution in [3.05, 3.63) is 46.4 Å². The number of carbonyl (C=O) groups is 1. The van der Waals surface area contributed by atoms with Gasteiger partial charge in [0, 0.05) is 5.39 Å². The van der Waals surface area contributed by atoms with Crippen molar-refractivity contribution in [1.29, 1.82) is 0 Å². The van der Waals surface area contributed by atoms with Gasteiger partial charge in [-0.1, -0.05) is 18.2 Å². The van der Waals surface area contributed by atoms with Crippen LogP contribution in [0.1, 0.15) is 10.5 Å². The Kier molecular flexibility index (Phi) is 3.28. The van der Waals surface area contributed by atoms with E-state index in [1.807, 2.05) is 0 Å². The molecule has 2 aromatic rings. The van der Waals surface area contributed by atoms with E-state index in [2.05, 4.69) is 4.98 Å². The first-order chi connectivity index (χ1) is 8.87. The Morgan fingerprint density at radius 3 is 2.63 bits per heavy atom. The number of fused-ring (bicyclic) bond motifs is 1. The fraction of sp³-hybridized carbons (Fsp3) is 0.167. The molecule has 0 fully saturated rings. The van der Waals surface area contributed by atoms with Crippen molar-refractivity contribution in [1.82, 2.24) is 10.3 Å². The molecule has 1 heterocycles. The first-order valence-corrected chi connectivity index (χ1v) is 5.34. The number of H-pyrrole nitrogens is 1. The van der Waals surface area contributed by atoms with Gasteiger partial charge in [-0.05, 0) is 17.5 Å². The second-order valence-corrected chi connectivity index (χ2v) is 3.90. The Labute approximate surface area is 105 Å². The van der Waals surface area contributed by atoms with Gasteiger partial charge in [0.1, 0.15) is 12.2 Å². The molecule has 1 aromatic carbocycles. The third kappa shape index (κ3) is 3.12. The molecule has 19 heavy (non-hydrogen) atoms. The summed E-state index contributed by atoms with van der Waals surface area (Å²) in [6, 6.07) is 7.82. The molecule has 0 aliphatic rings. The number of halogens is 3. The van der Waals surface area contributed by atoms with Gasteiger partial charge in [0.05, 0.1) is 0 Å². The molecule has 0 spiro atoms. The Bertz CT molecular complexity index is 676. The van der Waals surface area contributed by atoms with E-state index in [1.54, 1.807) is 29.6 Å². The molecule has 1 amide bonds. The molecule has 0 saturated carbocycles. The summed E-state index contributed by atoms with van der Waals surface area (Å²) in [6.07, 6.45) is -4.49. The van der Waals surface area contributed by atoms with Crippen molar-refractivity contribution in [3.8, 4) is 0 Å². The second-order valence-electron chi connectivity index (χ2n) is 3.90. The molecule has 0 saturated heterocycles. The summed E-state index contributed by atoms with van der Waals surface area (Å²) < 4.78 is 35.9. The molecule has 0 bridgehead atoms. The molecular weight excluding hydrogens is 261 g/mol. The number of alkyl halides is 3. The van der Waals surface area contributed by atoms with Crippen LogP contribution in [0, 0.1) is 0 Å². The minimum absolute atomic E-state index is 0.201. The molecule has 0 aliphatic heterocycles. The first-order valence-electron chi connectivity index (χ1n) is 5.34. The first kappa shape index (κ1) is 13.1. The molecule has 2 rings (SSSR count). The van der Waals surface area contributed by atoms with Gasteiger partial charge in [0.25, 0.3) is 11.5 Å². The number of hydrogen-bond donors (Lipinski definition) is 2. The lowest BCUT2D eigenvalue weighted by molar-refractivity contribution is -0.123. The maximum atomic E-state index is 12.0. The molecule has 0 radical (unpaired) electrons. The minimum atomic E-state index is -4.49. The van der Waals surface area contributed by atoms with Gasteiger partial charge >= 0.3 is 6.18 Å². The third-order valence-electron chi connectivity index (χ3n) is 2.45. The summed E-state index contributed by atoms with van der Waals surface area (Å²) in [5.41, 5.74) is -0.719. The average molecular weight is 270 g/mol. The van der Waals surface area contributed by atoms with Gasteiger partial charge in [0.15, 0.2) is 0 Å². The summed E-state index contributed by atoms with van der Waals surface area (Å²) in [7, 11) is 0. The third-order valence-corrected chi connectivity index (χ3v) is 2.45. The van der Waals surface area contributed by atoms with Crippen LogP contribution in [0.4, 0.5) is 13.2 Å². The summed E-state index contributed by atoms with van der Waals surface area (Å²) in [4.78, 5) is 25.4. The number of pyridine rings is 1. The lowest BCUT2D eigenvalue weighted by atomic mass is 10.1. The van der Waals surface area contributed by atoms with Crippen LogP contribution >= 0.6 is 0 Å². The number of benzene rings is 1. The Hall–Kier alpha value is -2.31. The molecule has 2 N–H and O–H groups in total. The van der Waals surface area contributed by atoms with Crippen LogP contribution in [0.15, 0.2) is 35.1 Å². The zero-order valence-corrected chi connectivity index (χ0v) is 9.54. The normalized spacial score (nSPS) is 11.5. The van der Waals surface area contributed by atoms with E-state index in [0.717, 1.165) is 0 Å². The van der Waals surface area contributed by atoms with Crippen LogP contribution in [0.2, 0.25) is 0 Å². The number of amides is 1. The van der Waals surface area contributed by atoms with Gasteiger partial charge in [-0.3, -0.25) is 9.59 Å². The van der Waals surface area contributed by atoms with E-state index in [4.69, 9.17) is 0 Å². The highest BCUT2D eigenvalue weighted by atomic mass is 19.4. The summed E-state index contributed by atoms with van der Waals surface area (Å²) in [5, 5.41) is 2.56. The van der Waals surface area contributed by atoms with Crippen molar-refractivity contribution in [2.45, 2.75) is 6.18 Å². The lowest BCUT2D eigenvalue weighted by Crippen LogP contribution is -2.34. The molecule has 1 aromatic heterocycles. The molecule has 7 heteroatoms. The predicted molar refractivity (Wildman–Crippen MR) is 63.0 cm³/mol. The van der Waals surface area contributed by atoms with Gasteiger partial charge in [-0.2, -0.15) is 13.2 Å². The van der Waals surface area contributed by atoms with E-state index in [1.165, 1.54) is 6.07 Å². The number of aromatic amines is 1. The van der Waals surface area contributed by atoms with Gasteiger partial charge in [-0.25, -0.2) is 0 Å². The maximum absolute atomic E-state index is 12.0. The number of hydrogen-bond acceptors (Lipinski definition) is 2. The van der Waals surface area contributed by atoms with E-state index < -0.39 is 24.2 Å². The highest BCUT2D eigenvalue weighted by Gasteiger charge is 2.28. The van der Waals surface area contributed by atoms with Crippen molar-refractivity contribution in [2.75, 3.05) is 6.54 Å². The monoisotopic (exact) mass is 270 g/mol. The molecular formula is C12H9F3N2O2. The van der Waals surface area contributed by atoms with Crippen LogP contribution in [0.25, 0.3) is 10.8 Å². The molecule has 0 atom stereocenters. The van der Waals surface area contributed by atoms with E-state index in [-0.39, 0.29) is 5.69 Å². The fourth-order valence-electron chi connectivity index (χ4n) is 1.61. The topological polar surface area (TPSA) is 62.0 Å². The molecule has 100 valence electrons. The van der Waals surface area contributed by atoms with Crippen LogP contribution in [-0.2, 0) is 0 Å². The average Bonchev–Trinajstić information content (AvgIpc) is 2.35. The molecule has 0 aliphatic carbocycles. The Morgan fingerprint density at radius 2 is 1.95 bits per heavy atom. The zero-order chi connectivity index (χ0) is 14.0. The molecule has 4 nitrogen and oxygen atoms in total. The van der Waals surface area contributed by atoms with Crippen molar-refractivity contribution >= 4 is 16.7 Å². The van der Waals surface area contributed by atoms with Crippen molar-refractivity contribution in [2.24, 2.45) is 0 Å². The SMILES string of the molecule is O=C(NCC(F)(F)F)c1cc2ccccc2c(=O)[nH]1. The predicted octanol–water partition coefficient (Wildman–Crippen LogP) is 1.82. The number of carbonyl (C=O) groups excluding carboxylic acids is 1. The van der Waals surface area contributed by atoms with Gasteiger partial charge in [0.2, 0.25) is 0 Å². The van der Waals surface area contributed by atoms with E-state index in [9.17, 15) is 22.8 Å². The molecule has 0 unspecified atom stereocenters. The maximum Gasteiger partial charge on any atom is 0.405 e. The minimum Gasteiger partial charge on any atom is -0.342 e. The van der Waals surface area contributed by atoms with Gasteiger partial charge in [-0.15, -0.1) is 0 Å². The van der Waals surface area contributed by atoms with E-state index >= 15 is 0 Å². The summed E-state index contributed by atoms with van der Waals surface area (Å²) in [5.74, 6) is -0.972. The summed E-state index contributed by atoms with van der Waals surface area (Å²) >= 11 is 0. The Balaban J connectivity index is 2.31. The second kappa shape index (κ2) is 4.75. The largest absolute Gasteiger partial charge is 0.405 e. The smallest absolute Gasteiger partial charge is 0.342 e. The number of aromatic nitrogens is 1. The number of rotatable bonds is 2. The number of nitrogens with one attached hydrogen (secondary N) is 2. The zero-order valence-electron chi connectivity index (χ0n) is 9.54. The highest BCUT2D eigenvalue weighted by Crippen LogP contribution is 2.13. The fourth-order valence-corrected chi connectivity index (χ4v) is 1.61. The van der Waals surface area contributed by atoms with E-state index in [0.29, 0.717) is 10.8 Å². The van der Waals surface area contributed by atoms with Crippen LogP contribution in [-0.4, -0.2) is 23.6 Å². The summed E-state index contributed by atoms with van der Waals surface area (Å²) in [6.45, 7) is -1.44. The van der Waals surface area contributed by atoms with Crippen LogP contribution in [0.3, 0.4) is 0 Å². The Morgan fingerprint density at radius 1 is 1.26 bits per heavy atom. The van der Waals surface area contributed by atoms with Crippen LogP contribution in [0.5, 0.6) is 0 Å². The lowest BCUT2D eigenvalue weighted by Gasteiger charge is -2.08. The van der Waals surface area contributed by atoms with Crippen LogP contribution < -0.4 is 10.9 Å². The van der Waals surface area contributed by atoms with Crippen molar-refractivity contribution < 1.29 is 18.0 Å². The van der Waals surface area contributed by atoms with Gasteiger partial charge < -0.3 is 10.3 Å². The highest BCUT2D eigenvalue weighted by molar-refractivity contribution is 5.96. The van der Waals surface area contributed by atoms with Crippen molar-refractivity contribution in [3.63, 3.8) is 0 Å².